The standard InChI is InChI=1S/C21H31N3O3/c1-4-23-19(25)21(11-14-22(15-12-21)17(2)16-27-3)24(20(23)26)13-10-18-8-6-5-7-9-18/h5-9,17H,4,10-16H2,1-3H3/t17-/m1/s1. The largest absolute Gasteiger partial charge is 0.383 e. The molecule has 2 fully saturated rings. The fourth-order valence-corrected chi connectivity index (χ4v) is 4.42. The molecule has 3 amide bonds. The SMILES string of the molecule is CCN1C(=O)N(CCc2ccccc2)C2(CCN([C@H](C)COC)CC2)C1=O. The van der Waals surface area contributed by atoms with E-state index in [1.54, 1.807) is 7.11 Å². The predicted octanol–water partition coefficient (Wildman–Crippen LogP) is 2.38. The molecule has 27 heavy (non-hydrogen) atoms. The third-order valence-electron chi connectivity index (χ3n) is 6.06. The second kappa shape index (κ2) is 8.40. The van der Waals surface area contributed by atoms with Crippen LogP contribution in [0.1, 0.15) is 32.3 Å². The monoisotopic (exact) mass is 373 g/mol. The molecule has 6 heteroatoms. The normalized spacial score (nSPS) is 21.3. The number of amides is 3. The summed E-state index contributed by atoms with van der Waals surface area (Å²) < 4.78 is 5.27. The van der Waals surface area contributed by atoms with E-state index in [-0.39, 0.29) is 11.9 Å². The Balaban J connectivity index is 1.76. The zero-order chi connectivity index (χ0) is 19.4. The van der Waals surface area contributed by atoms with Gasteiger partial charge in [-0.25, -0.2) is 4.79 Å². The van der Waals surface area contributed by atoms with Crippen molar-refractivity contribution in [1.82, 2.24) is 14.7 Å². The highest BCUT2D eigenvalue weighted by molar-refractivity contribution is 6.07. The molecular weight excluding hydrogens is 342 g/mol. The van der Waals surface area contributed by atoms with Gasteiger partial charge < -0.3 is 9.64 Å². The minimum absolute atomic E-state index is 0.0119. The van der Waals surface area contributed by atoms with Crippen molar-refractivity contribution in [2.75, 3.05) is 39.9 Å². The van der Waals surface area contributed by atoms with E-state index in [0.717, 1.165) is 19.5 Å². The van der Waals surface area contributed by atoms with E-state index < -0.39 is 5.54 Å². The van der Waals surface area contributed by atoms with Gasteiger partial charge in [0.2, 0.25) is 0 Å². The van der Waals surface area contributed by atoms with Gasteiger partial charge in [0.15, 0.2) is 0 Å². The lowest BCUT2D eigenvalue weighted by Crippen LogP contribution is -2.58. The van der Waals surface area contributed by atoms with E-state index in [4.69, 9.17) is 4.74 Å². The Morgan fingerprint density at radius 1 is 1.15 bits per heavy atom. The van der Waals surface area contributed by atoms with Crippen LogP contribution in [0.15, 0.2) is 30.3 Å². The fraction of sp³-hybridized carbons (Fsp3) is 0.619. The maximum Gasteiger partial charge on any atom is 0.327 e. The second-order valence-corrected chi connectivity index (χ2v) is 7.59. The van der Waals surface area contributed by atoms with Gasteiger partial charge in [0.05, 0.1) is 6.61 Å². The van der Waals surface area contributed by atoms with Crippen LogP contribution in [-0.4, -0.2) is 78.1 Å². The average molecular weight is 373 g/mol. The summed E-state index contributed by atoms with van der Waals surface area (Å²) in [6.07, 6.45) is 2.15. The molecule has 1 aromatic carbocycles. The van der Waals surface area contributed by atoms with Crippen molar-refractivity contribution in [1.29, 1.82) is 0 Å². The van der Waals surface area contributed by atoms with Crippen molar-refractivity contribution in [2.45, 2.75) is 44.7 Å². The first kappa shape index (κ1) is 19.8. The molecule has 3 rings (SSSR count). The number of ether oxygens (including phenoxy) is 1. The lowest BCUT2D eigenvalue weighted by molar-refractivity contribution is -0.136. The summed E-state index contributed by atoms with van der Waals surface area (Å²) in [6.45, 7) is 7.34. The number of rotatable bonds is 7. The molecule has 1 spiro atoms. The molecular formula is C21H31N3O3. The average Bonchev–Trinajstić information content (AvgIpc) is 2.88. The van der Waals surface area contributed by atoms with Crippen LogP contribution in [0, 0.1) is 0 Å². The molecule has 0 unspecified atom stereocenters. The first-order chi connectivity index (χ1) is 13.0. The van der Waals surface area contributed by atoms with E-state index in [9.17, 15) is 9.59 Å². The number of likely N-dealkylation sites (tertiary alicyclic amines) is 1. The second-order valence-electron chi connectivity index (χ2n) is 7.59. The summed E-state index contributed by atoms with van der Waals surface area (Å²) in [7, 11) is 1.71. The molecule has 2 saturated heterocycles. The molecule has 148 valence electrons. The van der Waals surface area contributed by atoms with Gasteiger partial charge in [0, 0.05) is 39.3 Å². The van der Waals surface area contributed by atoms with Crippen molar-refractivity contribution < 1.29 is 14.3 Å². The predicted molar refractivity (Wildman–Crippen MR) is 105 cm³/mol. The molecule has 2 aliphatic rings. The topological polar surface area (TPSA) is 53.1 Å². The summed E-state index contributed by atoms with van der Waals surface area (Å²) in [5.41, 5.74) is 0.513. The van der Waals surface area contributed by atoms with Crippen molar-refractivity contribution in [3.05, 3.63) is 35.9 Å². The van der Waals surface area contributed by atoms with E-state index >= 15 is 0 Å². The number of nitrogens with zero attached hydrogens (tertiary/aromatic N) is 3. The molecule has 0 aromatic heterocycles. The van der Waals surface area contributed by atoms with E-state index in [2.05, 4.69) is 24.0 Å². The van der Waals surface area contributed by atoms with Crippen LogP contribution in [0.2, 0.25) is 0 Å². The third-order valence-corrected chi connectivity index (χ3v) is 6.06. The molecule has 0 saturated carbocycles. The highest BCUT2D eigenvalue weighted by atomic mass is 16.5. The summed E-state index contributed by atoms with van der Waals surface area (Å²) in [5, 5.41) is 0. The van der Waals surface area contributed by atoms with E-state index in [1.807, 2.05) is 30.0 Å². The fourth-order valence-electron chi connectivity index (χ4n) is 4.42. The van der Waals surface area contributed by atoms with Crippen LogP contribution in [0.25, 0.3) is 0 Å². The number of piperidine rings is 1. The highest BCUT2D eigenvalue weighted by Crippen LogP contribution is 2.37. The summed E-state index contributed by atoms with van der Waals surface area (Å²) in [4.78, 5) is 31.8. The zero-order valence-corrected chi connectivity index (χ0v) is 16.7. The number of carbonyl (C=O) groups excluding carboxylic acids is 2. The maximum atomic E-state index is 13.2. The van der Waals surface area contributed by atoms with Crippen LogP contribution in [0.5, 0.6) is 0 Å². The molecule has 0 radical (unpaired) electrons. The number of carbonyl (C=O) groups is 2. The third kappa shape index (κ3) is 3.73. The van der Waals surface area contributed by atoms with E-state index in [1.165, 1.54) is 10.5 Å². The first-order valence-electron chi connectivity index (χ1n) is 9.94. The van der Waals surface area contributed by atoms with Crippen LogP contribution in [0.4, 0.5) is 4.79 Å². The Labute approximate surface area is 162 Å². The van der Waals surface area contributed by atoms with Gasteiger partial charge in [-0.15, -0.1) is 0 Å². The Kier molecular flexibility index (Phi) is 6.17. The molecule has 2 heterocycles. The Hall–Kier alpha value is -1.92. The van der Waals surface area contributed by atoms with Crippen molar-refractivity contribution in [3.63, 3.8) is 0 Å². The van der Waals surface area contributed by atoms with Gasteiger partial charge in [0.25, 0.3) is 5.91 Å². The van der Waals surface area contributed by atoms with Gasteiger partial charge in [-0.05, 0) is 38.7 Å². The quantitative estimate of drug-likeness (QED) is 0.689. The highest BCUT2D eigenvalue weighted by Gasteiger charge is 2.57. The zero-order valence-electron chi connectivity index (χ0n) is 16.7. The number of imide groups is 1. The molecule has 1 atom stereocenters. The molecule has 6 nitrogen and oxygen atoms in total. The van der Waals surface area contributed by atoms with E-state index in [0.29, 0.717) is 38.6 Å². The first-order valence-corrected chi connectivity index (χ1v) is 9.94. The number of likely N-dealkylation sites (N-methyl/N-ethyl adjacent to an activating group) is 1. The van der Waals surface area contributed by atoms with Gasteiger partial charge in [0.1, 0.15) is 5.54 Å². The van der Waals surface area contributed by atoms with Gasteiger partial charge in [-0.3, -0.25) is 14.6 Å². The number of benzene rings is 1. The number of methoxy groups -OCH3 is 1. The minimum Gasteiger partial charge on any atom is -0.383 e. The summed E-state index contributed by atoms with van der Waals surface area (Å²) >= 11 is 0. The van der Waals surface area contributed by atoms with Crippen LogP contribution in [-0.2, 0) is 16.0 Å². The van der Waals surface area contributed by atoms with Gasteiger partial charge >= 0.3 is 6.03 Å². The summed E-state index contributed by atoms with van der Waals surface area (Å²) in [5.74, 6) is -0.0119. The van der Waals surface area contributed by atoms with Crippen LogP contribution in [0.3, 0.4) is 0 Å². The smallest absolute Gasteiger partial charge is 0.327 e. The molecule has 0 bridgehead atoms. The van der Waals surface area contributed by atoms with Crippen LogP contribution < -0.4 is 0 Å². The Morgan fingerprint density at radius 2 is 1.81 bits per heavy atom. The molecule has 1 aromatic rings. The minimum atomic E-state index is -0.675. The number of urea groups is 1. The van der Waals surface area contributed by atoms with Crippen LogP contribution >= 0.6 is 0 Å². The van der Waals surface area contributed by atoms with Crippen molar-refractivity contribution in [3.8, 4) is 0 Å². The maximum absolute atomic E-state index is 13.2. The summed E-state index contributed by atoms with van der Waals surface area (Å²) in [6, 6.07) is 10.3. The van der Waals surface area contributed by atoms with Gasteiger partial charge in [-0.2, -0.15) is 0 Å². The Bertz CT molecular complexity index is 656. The lowest BCUT2D eigenvalue weighted by Gasteiger charge is -2.44. The van der Waals surface area contributed by atoms with Crippen molar-refractivity contribution >= 4 is 11.9 Å². The molecule has 2 aliphatic heterocycles. The van der Waals surface area contributed by atoms with Gasteiger partial charge in [-0.1, -0.05) is 30.3 Å². The molecule has 0 aliphatic carbocycles. The Morgan fingerprint density at radius 3 is 2.41 bits per heavy atom. The van der Waals surface area contributed by atoms with Crippen molar-refractivity contribution in [2.24, 2.45) is 0 Å². The lowest BCUT2D eigenvalue weighted by atomic mass is 9.85. The molecule has 0 N–H and O–H groups in total. The number of hydrogen-bond acceptors (Lipinski definition) is 4. The number of hydrogen-bond donors (Lipinski definition) is 0.